The molecule has 2 nitrogen and oxygen atoms in total. The number of aryl methyl sites for hydroxylation is 1. The number of carbonyl (C=O) groups excluding carboxylic acids is 1. The largest absolute Gasteiger partial charge is 0.462 e. The Labute approximate surface area is 102 Å². The number of rotatable bonds is 6. The predicted molar refractivity (Wildman–Crippen MR) is 65.6 cm³/mol. The van der Waals surface area contributed by atoms with E-state index < -0.39 is 11.8 Å². The number of unbranched alkanes of at least 4 members (excludes halogenated alkanes) is 3. The first kappa shape index (κ1) is 13.7. The Balaban J connectivity index is 2.44. The van der Waals surface area contributed by atoms with Crippen LogP contribution in [0.4, 0.5) is 4.39 Å². The molecule has 0 unspecified atom stereocenters. The summed E-state index contributed by atoms with van der Waals surface area (Å²) in [4.78, 5) is 11.6. The lowest BCUT2D eigenvalue weighted by atomic mass is 10.1. The highest BCUT2D eigenvalue weighted by atomic mass is 19.1. The van der Waals surface area contributed by atoms with Crippen LogP contribution in [0.5, 0.6) is 0 Å². The standard InChI is InChI=1S/C14H19FO2/c1-3-4-5-6-10-17-14(16)12-9-7-8-11(2)13(12)15/h7-9H,3-6,10H2,1-2H3. The van der Waals surface area contributed by atoms with Crippen LogP contribution < -0.4 is 0 Å². The molecule has 1 aromatic carbocycles. The molecule has 0 bridgehead atoms. The maximum Gasteiger partial charge on any atom is 0.341 e. The van der Waals surface area contributed by atoms with Gasteiger partial charge in [-0.3, -0.25) is 0 Å². The Morgan fingerprint density at radius 2 is 2.06 bits per heavy atom. The average Bonchev–Trinajstić information content (AvgIpc) is 2.32. The van der Waals surface area contributed by atoms with Crippen LogP contribution in [0.15, 0.2) is 18.2 Å². The van der Waals surface area contributed by atoms with Crippen LogP contribution in [0, 0.1) is 12.7 Å². The van der Waals surface area contributed by atoms with Gasteiger partial charge in [0.1, 0.15) is 5.82 Å². The normalized spacial score (nSPS) is 10.3. The van der Waals surface area contributed by atoms with Gasteiger partial charge in [0.25, 0.3) is 0 Å². The fourth-order valence-corrected chi connectivity index (χ4v) is 1.58. The van der Waals surface area contributed by atoms with E-state index in [-0.39, 0.29) is 5.56 Å². The quantitative estimate of drug-likeness (QED) is 0.555. The van der Waals surface area contributed by atoms with Crippen molar-refractivity contribution in [3.8, 4) is 0 Å². The van der Waals surface area contributed by atoms with Crippen LogP contribution in [0.3, 0.4) is 0 Å². The van der Waals surface area contributed by atoms with Crippen molar-refractivity contribution in [1.82, 2.24) is 0 Å². The van der Waals surface area contributed by atoms with Gasteiger partial charge in [-0.2, -0.15) is 0 Å². The van der Waals surface area contributed by atoms with Gasteiger partial charge in [0.05, 0.1) is 12.2 Å². The molecule has 0 radical (unpaired) electrons. The molecular weight excluding hydrogens is 219 g/mol. The number of carbonyl (C=O) groups is 1. The fraction of sp³-hybridized carbons (Fsp3) is 0.500. The zero-order chi connectivity index (χ0) is 12.7. The van der Waals surface area contributed by atoms with Crippen molar-refractivity contribution in [3.63, 3.8) is 0 Å². The van der Waals surface area contributed by atoms with Crippen molar-refractivity contribution in [2.24, 2.45) is 0 Å². The van der Waals surface area contributed by atoms with Gasteiger partial charge in [0.2, 0.25) is 0 Å². The molecule has 0 atom stereocenters. The number of hydrogen-bond donors (Lipinski definition) is 0. The number of benzene rings is 1. The lowest BCUT2D eigenvalue weighted by molar-refractivity contribution is 0.0492. The molecule has 1 aromatic rings. The number of esters is 1. The minimum atomic E-state index is -0.567. The predicted octanol–water partition coefficient (Wildman–Crippen LogP) is 3.87. The van der Waals surface area contributed by atoms with Crippen molar-refractivity contribution in [2.45, 2.75) is 39.5 Å². The summed E-state index contributed by atoms with van der Waals surface area (Å²) < 4.78 is 18.6. The number of ether oxygens (including phenoxy) is 1. The second-order valence-electron chi connectivity index (χ2n) is 4.13. The Morgan fingerprint density at radius 3 is 2.76 bits per heavy atom. The summed E-state index contributed by atoms with van der Waals surface area (Å²) >= 11 is 0. The van der Waals surface area contributed by atoms with E-state index in [0.717, 1.165) is 25.7 Å². The summed E-state index contributed by atoms with van der Waals surface area (Å²) in [5, 5.41) is 0. The minimum Gasteiger partial charge on any atom is -0.462 e. The molecule has 3 heteroatoms. The van der Waals surface area contributed by atoms with Crippen LogP contribution in [0.2, 0.25) is 0 Å². The third-order valence-corrected chi connectivity index (χ3v) is 2.64. The highest BCUT2D eigenvalue weighted by Gasteiger charge is 2.13. The number of halogens is 1. The summed E-state index contributed by atoms with van der Waals surface area (Å²) in [6.07, 6.45) is 4.16. The van der Waals surface area contributed by atoms with Crippen molar-refractivity contribution in [1.29, 1.82) is 0 Å². The third-order valence-electron chi connectivity index (χ3n) is 2.64. The average molecular weight is 238 g/mol. The van der Waals surface area contributed by atoms with E-state index in [0.29, 0.717) is 12.2 Å². The summed E-state index contributed by atoms with van der Waals surface area (Å²) in [6, 6.07) is 4.75. The van der Waals surface area contributed by atoms with Gasteiger partial charge in [-0.05, 0) is 25.0 Å². The summed E-state index contributed by atoms with van der Waals surface area (Å²) in [6.45, 7) is 4.12. The molecule has 0 aromatic heterocycles. The van der Waals surface area contributed by atoms with Crippen molar-refractivity contribution in [3.05, 3.63) is 35.1 Å². The summed E-state index contributed by atoms with van der Waals surface area (Å²) in [5.41, 5.74) is 0.492. The Kier molecular flexibility index (Phi) is 5.67. The molecule has 0 heterocycles. The maximum absolute atomic E-state index is 13.6. The van der Waals surface area contributed by atoms with Crippen molar-refractivity contribution >= 4 is 5.97 Å². The lowest BCUT2D eigenvalue weighted by Crippen LogP contribution is -2.09. The van der Waals surface area contributed by atoms with Gasteiger partial charge < -0.3 is 4.74 Å². The van der Waals surface area contributed by atoms with E-state index in [9.17, 15) is 9.18 Å². The zero-order valence-electron chi connectivity index (χ0n) is 10.5. The van der Waals surface area contributed by atoms with E-state index in [2.05, 4.69) is 6.92 Å². The molecule has 0 aliphatic carbocycles. The first-order valence-corrected chi connectivity index (χ1v) is 6.09. The summed E-state index contributed by atoms with van der Waals surface area (Å²) in [5.74, 6) is -1.05. The molecule has 0 saturated carbocycles. The number of hydrogen-bond acceptors (Lipinski definition) is 2. The topological polar surface area (TPSA) is 26.3 Å². The van der Waals surface area contributed by atoms with Crippen molar-refractivity contribution in [2.75, 3.05) is 6.61 Å². The zero-order valence-corrected chi connectivity index (χ0v) is 10.5. The summed E-state index contributed by atoms with van der Waals surface area (Å²) in [7, 11) is 0. The highest BCUT2D eigenvalue weighted by Crippen LogP contribution is 2.13. The molecule has 17 heavy (non-hydrogen) atoms. The lowest BCUT2D eigenvalue weighted by Gasteiger charge is -2.06. The molecule has 0 aliphatic heterocycles. The molecule has 1 rings (SSSR count). The van der Waals surface area contributed by atoms with E-state index in [1.165, 1.54) is 6.07 Å². The molecule has 0 N–H and O–H groups in total. The van der Waals surface area contributed by atoms with E-state index in [4.69, 9.17) is 4.74 Å². The van der Waals surface area contributed by atoms with Crippen LogP contribution in [-0.2, 0) is 4.74 Å². The van der Waals surface area contributed by atoms with Gasteiger partial charge in [-0.15, -0.1) is 0 Å². The van der Waals surface area contributed by atoms with E-state index in [1.54, 1.807) is 19.1 Å². The molecule has 0 aliphatic rings. The van der Waals surface area contributed by atoms with Crippen LogP contribution in [0.25, 0.3) is 0 Å². The monoisotopic (exact) mass is 238 g/mol. The van der Waals surface area contributed by atoms with Crippen LogP contribution in [-0.4, -0.2) is 12.6 Å². The van der Waals surface area contributed by atoms with Gasteiger partial charge in [0.15, 0.2) is 0 Å². The Hall–Kier alpha value is -1.38. The SMILES string of the molecule is CCCCCCOC(=O)c1cccc(C)c1F. The van der Waals surface area contributed by atoms with Gasteiger partial charge in [-0.1, -0.05) is 38.3 Å². The van der Waals surface area contributed by atoms with Crippen LogP contribution >= 0.6 is 0 Å². The molecular formula is C14H19FO2. The van der Waals surface area contributed by atoms with E-state index in [1.807, 2.05) is 0 Å². The Morgan fingerprint density at radius 1 is 1.29 bits per heavy atom. The second-order valence-corrected chi connectivity index (χ2v) is 4.13. The first-order valence-electron chi connectivity index (χ1n) is 6.09. The van der Waals surface area contributed by atoms with Gasteiger partial charge >= 0.3 is 5.97 Å². The molecule has 0 spiro atoms. The van der Waals surface area contributed by atoms with Gasteiger partial charge in [0, 0.05) is 0 Å². The molecule has 0 saturated heterocycles. The van der Waals surface area contributed by atoms with Crippen LogP contribution in [0.1, 0.15) is 48.5 Å². The second kappa shape index (κ2) is 7.05. The molecule has 0 fully saturated rings. The highest BCUT2D eigenvalue weighted by molar-refractivity contribution is 5.89. The van der Waals surface area contributed by atoms with Crippen molar-refractivity contribution < 1.29 is 13.9 Å². The smallest absolute Gasteiger partial charge is 0.341 e. The van der Waals surface area contributed by atoms with Gasteiger partial charge in [-0.25, -0.2) is 9.18 Å². The maximum atomic E-state index is 13.6. The fourth-order valence-electron chi connectivity index (χ4n) is 1.58. The molecule has 0 amide bonds. The Bertz CT molecular complexity index is 374. The third kappa shape index (κ3) is 4.17. The first-order chi connectivity index (χ1) is 8.16. The minimum absolute atomic E-state index is 0.0282. The van der Waals surface area contributed by atoms with E-state index >= 15 is 0 Å². The molecule has 94 valence electrons.